The van der Waals surface area contributed by atoms with Crippen LogP contribution >= 0.6 is 0 Å². The van der Waals surface area contributed by atoms with Crippen molar-refractivity contribution in [3.63, 3.8) is 0 Å². The fourth-order valence-corrected chi connectivity index (χ4v) is 3.12. The lowest BCUT2D eigenvalue weighted by Gasteiger charge is -2.40. The normalized spacial score (nSPS) is 19.5. The first-order valence-corrected chi connectivity index (χ1v) is 9.56. The van der Waals surface area contributed by atoms with Crippen LogP contribution in [0.1, 0.15) is 19.8 Å². The zero-order chi connectivity index (χ0) is 12.1. The highest BCUT2D eigenvalue weighted by molar-refractivity contribution is 6.73. The summed E-state index contributed by atoms with van der Waals surface area (Å²) in [4.78, 5) is 0. The molecule has 0 bridgehead atoms. The summed E-state index contributed by atoms with van der Waals surface area (Å²) in [5.41, 5.74) is 0.318. The molecule has 93 valence electrons. The van der Waals surface area contributed by atoms with Gasteiger partial charge in [0.15, 0.2) is 8.32 Å². The Morgan fingerprint density at radius 1 is 1.38 bits per heavy atom. The van der Waals surface area contributed by atoms with Gasteiger partial charge in [-0.3, -0.25) is 0 Å². The maximum Gasteiger partial charge on any atom is 0.230 e. The molecule has 0 aliphatic carbocycles. The molecule has 16 heavy (non-hydrogen) atoms. The predicted molar refractivity (Wildman–Crippen MR) is 68.1 cm³/mol. The Morgan fingerprint density at radius 2 is 2.06 bits per heavy atom. The van der Waals surface area contributed by atoms with Crippen molar-refractivity contribution in [3.8, 4) is 0 Å². The van der Waals surface area contributed by atoms with Crippen molar-refractivity contribution >= 4 is 18.8 Å². The van der Waals surface area contributed by atoms with Crippen LogP contribution < -0.4 is 0 Å². The maximum absolute atomic E-state index is 5.74. The molecule has 0 atom stereocenters. The molecule has 5 heteroatoms. The predicted octanol–water partition coefficient (Wildman–Crippen LogP) is 2.12. The van der Waals surface area contributed by atoms with Crippen LogP contribution in [0, 0.1) is 5.41 Å². The van der Waals surface area contributed by atoms with Gasteiger partial charge in [0.05, 0.1) is 19.8 Å². The Kier molecular flexibility index (Phi) is 5.66. The Hall–Kier alpha value is 0.314. The van der Waals surface area contributed by atoms with E-state index in [9.17, 15) is 0 Å². The fourth-order valence-electron chi connectivity index (χ4n) is 1.72. The smallest absolute Gasteiger partial charge is 0.230 e. The minimum absolute atomic E-state index is 0.318. The van der Waals surface area contributed by atoms with Crippen LogP contribution in [0.2, 0.25) is 19.1 Å². The van der Waals surface area contributed by atoms with E-state index in [0.717, 1.165) is 45.3 Å². The highest BCUT2D eigenvalue weighted by atomic mass is 28.4. The van der Waals surface area contributed by atoms with Crippen molar-refractivity contribution in [2.75, 3.05) is 26.4 Å². The summed E-state index contributed by atoms with van der Waals surface area (Å²) in [6.45, 7) is 10.0. The van der Waals surface area contributed by atoms with Crippen LogP contribution in [-0.2, 0) is 13.6 Å². The molecule has 0 N–H and O–H groups in total. The largest absolute Gasteiger partial charge is 0.457 e. The van der Waals surface area contributed by atoms with Crippen LogP contribution in [0.25, 0.3) is 0 Å². The molecule has 1 aliphatic rings. The lowest BCUT2D eigenvalue weighted by molar-refractivity contribution is -0.150. The van der Waals surface area contributed by atoms with Crippen LogP contribution in [0.3, 0.4) is 0 Å². The van der Waals surface area contributed by atoms with E-state index in [1.807, 2.05) is 0 Å². The fraction of sp³-hybridized carbons (Fsp3) is 1.00. The van der Waals surface area contributed by atoms with Gasteiger partial charge in [0.2, 0.25) is 10.5 Å². The number of rotatable bonds is 8. The molecular formula is C11H23O3Si2. The van der Waals surface area contributed by atoms with E-state index in [-0.39, 0.29) is 0 Å². The Balaban J connectivity index is 2.04. The van der Waals surface area contributed by atoms with Gasteiger partial charge in [-0.15, -0.1) is 0 Å². The van der Waals surface area contributed by atoms with E-state index in [1.165, 1.54) is 0 Å². The van der Waals surface area contributed by atoms with Gasteiger partial charge in [-0.25, -0.2) is 0 Å². The lowest BCUT2D eigenvalue weighted by Crippen LogP contribution is -2.45. The summed E-state index contributed by atoms with van der Waals surface area (Å²) in [5, 5.41) is 0. The van der Waals surface area contributed by atoms with Crippen LogP contribution in [0.5, 0.6) is 0 Å². The maximum atomic E-state index is 5.74. The van der Waals surface area contributed by atoms with Gasteiger partial charge in [0, 0.05) is 12.0 Å². The quantitative estimate of drug-likeness (QED) is 0.494. The second kappa shape index (κ2) is 6.30. The van der Waals surface area contributed by atoms with Gasteiger partial charge in [-0.2, -0.15) is 0 Å². The van der Waals surface area contributed by atoms with Crippen LogP contribution in [-0.4, -0.2) is 45.2 Å². The van der Waals surface area contributed by atoms with Gasteiger partial charge in [-0.1, -0.05) is 6.92 Å². The zero-order valence-corrected chi connectivity index (χ0v) is 12.7. The van der Waals surface area contributed by atoms with Gasteiger partial charge in [-0.05, 0) is 32.0 Å². The van der Waals surface area contributed by atoms with Gasteiger partial charge in [0.1, 0.15) is 0 Å². The molecule has 3 radical (unpaired) electrons. The third kappa shape index (κ3) is 4.29. The number of hydrogen-bond donors (Lipinski definition) is 0. The first-order chi connectivity index (χ1) is 7.54. The minimum Gasteiger partial charge on any atom is -0.457 e. The second-order valence-electron chi connectivity index (χ2n) is 5.36. The molecule has 1 fully saturated rings. The van der Waals surface area contributed by atoms with Gasteiger partial charge >= 0.3 is 0 Å². The standard InChI is InChI=1S/C11H23O3Si2/c1-4-11(9-13-10-11)8-12-6-5-7-16(2,3)14-15/h4-10H2,1-3H3. The minimum atomic E-state index is -1.47. The van der Waals surface area contributed by atoms with Crippen molar-refractivity contribution in [1.29, 1.82) is 0 Å². The molecule has 0 aromatic carbocycles. The molecular weight excluding hydrogens is 236 g/mol. The second-order valence-corrected chi connectivity index (χ2v) is 10.2. The molecule has 0 unspecified atom stereocenters. The average molecular weight is 259 g/mol. The summed E-state index contributed by atoms with van der Waals surface area (Å²) in [6.07, 6.45) is 2.24. The van der Waals surface area contributed by atoms with E-state index in [0.29, 0.717) is 5.41 Å². The molecule has 1 heterocycles. The Labute approximate surface area is 104 Å². The molecule has 0 saturated carbocycles. The van der Waals surface area contributed by atoms with Crippen molar-refractivity contribution in [2.24, 2.45) is 5.41 Å². The molecule has 0 amide bonds. The van der Waals surface area contributed by atoms with Gasteiger partial charge < -0.3 is 13.6 Å². The van der Waals surface area contributed by atoms with Crippen LogP contribution in [0.4, 0.5) is 0 Å². The molecule has 0 spiro atoms. The Morgan fingerprint density at radius 3 is 2.50 bits per heavy atom. The summed E-state index contributed by atoms with van der Waals surface area (Å²) in [6, 6.07) is 1.13. The van der Waals surface area contributed by atoms with Gasteiger partial charge in [0.25, 0.3) is 0 Å². The summed E-state index contributed by atoms with van der Waals surface area (Å²) >= 11 is 0. The Bertz CT molecular complexity index is 200. The number of hydrogen-bond acceptors (Lipinski definition) is 3. The summed E-state index contributed by atoms with van der Waals surface area (Å²) < 4.78 is 16.3. The molecule has 1 saturated heterocycles. The molecule has 0 aromatic rings. The van der Waals surface area contributed by atoms with E-state index in [1.54, 1.807) is 0 Å². The van der Waals surface area contributed by atoms with E-state index in [4.69, 9.17) is 13.6 Å². The number of ether oxygens (including phenoxy) is 2. The SMILES string of the molecule is CCC1(COCCC[Si](C)(C)O[Si])COC1. The first kappa shape index (κ1) is 14.4. The molecule has 0 aromatic heterocycles. The van der Waals surface area contributed by atoms with E-state index in [2.05, 4.69) is 30.5 Å². The lowest BCUT2D eigenvalue weighted by atomic mass is 9.84. The third-order valence-corrected chi connectivity index (χ3v) is 7.09. The van der Waals surface area contributed by atoms with E-state index < -0.39 is 8.32 Å². The first-order valence-electron chi connectivity index (χ1n) is 6.04. The molecule has 1 aliphatic heterocycles. The average Bonchev–Trinajstić information content (AvgIpc) is 2.21. The summed E-state index contributed by atoms with van der Waals surface area (Å²) in [7, 11) is 1.69. The van der Waals surface area contributed by atoms with Crippen molar-refractivity contribution < 1.29 is 13.6 Å². The van der Waals surface area contributed by atoms with Crippen molar-refractivity contribution in [3.05, 3.63) is 0 Å². The highest BCUT2D eigenvalue weighted by Crippen LogP contribution is 2.31. The van der Waals surface area contributed by atoms with Crippen LogP contribution in [0.15, 0.2) is 0 Å². The zero-order valence-electron chi connectivity index (χ0n) is 10.7. The topological polar surface area (TPSA) is 27.7 Å². The summed E-state index contributed by atoms with van der Waals surface area (Å²) in [5.74, 6) is 0. The van der Waals surface area contributed by atoms with E-state index >= 15 is 0 Å². The third-order valence-electron chi connectivity index (χ3n) is 3.32. The monoisotopic (exact) mass is 259 g/mol. The van der Waals surface area contributed by atoms with Crippen molar-refractivity contribution in [2.45, 2.75) is 38.9 Å². The highest BCUT2D eigenvalue weighted by Gasteiger charge is 2.36. The van der Waals surface area contributed by atoms with Crippen molar-refractivity contribution in [1.82, 2.24) is 0 Å². The molecule has 3 nitrogen and oxygen atoms in total. The molecule has 1 rings (SSSR count).